The third kappa shape index (κ3) is 4.84. The first kappa shape index (κ1) is 20.8. The number of likely N-dealkylation sites (tertiary alicyclic amines) is 1. The van der Waals surface area contributed by atoms with E-state index in [-0.39, 0.29) is 0 Å². The van der Waals surface area contributed by atoms with Gasteiger partial charge in [-0.25, -0.2) is 0 Å². The normalized spacial score (nSPS) is 15.1. The number of aromatic amines is 1. The van der Waals surface area contributed by atoms with Crippen LogP contribution in [0.25, 0.3) is 22.3 Å². The predicted molar refractivity (Wildman–Crippen MR) is 132 cm³/mol. The van der Waals surface area contributed by atoms with Gasteiger partial charge in [0.2, 0.25) is 0 Å². The zero-order chi connectivity index (χ0) is 21.6. The Morgan fingerprint density at radius 2 is 1.97 bits per heavy atom. The molecule has 0 saturated carbocycles. The van der Waals surface area contributed by atoms with Gasteiger partial charge in [-0.15, -0.1) is 0 Å². The van der Waals surface area contributed by atoms with Crippen LogP contribution in [0.4, 0.5) is 5.69 Å². The SMILES string of the molecule is C=CC=N/C(=C\C)c1ccc2[nH]nc(C(=C)Nc3ccc(CN4CCCC4)cc3)c2c1. The fraction of sp³-hybridized carbons (Fsp3) is 0.231. The molecule has 2 heterocycles. The summed E-state index contributed by atoms with van der Waals surface area (Å²) in [5.41, 5.74) is 6.79. The van der Waals surface area contributed by atoms with Crippen molar-refractivity contribution in [3.8, 4) is 0 Å². The fourth-order valence-corrected chi connectivity index (χ4v) is 3.98. The van der Waals surface area contributed by atoms with Gasteiger partial charge in [-0.1, -0.05) is 43.5 Å². The number of nitrogens with zero attached hydrogens (tertiary/aromatic N) is 3. The lowest BCUT2D eigenvalue weighted by molar-refractivity contribution is 0.331. The molecule has 0 radical (unpaired) electrons. The minimum absolute atomic E-state index is 0.757. The van der Waals surface area contributed by atoms with E-state index in [4.69, 9.17) is 0 Å². The van der Waals surface area contributed by atoms with E-state index in [0.29, 0.717) is 0 Å². The summed E-state index contributed by atoms with van der Waals surface area (Å²) in [4.78, 5) is 6.96. The molecule has 2 aromatic carbocycles. The summed E-state index contributed by atoms with van der Waals surface area (Å²) in [6.45, 7) is 13.3. The number of hydrogen-bond donors (Lipinski definition) is 2. The molecule has 31 heavy (non-hydrogen) atoms. The molecule has 158 valence electrons. The van der Waals surface area contributed by atoms with Crippen molar-refractivity contribution in [3.05, 3.63) is 84.6 Å². The van der Waals surface area contributed by atoms with Gasteiger partial charge in [0, 0.05) is 29.4 Å². The van der Waals surface area contributed by atoms with Gasteiger partial charge in [0.05, 0.1) is 16.9 Å². The van der Waals surface area contributed by atoms with E-state index in [1.165, 1.54) is 31.5 Å². The molecule has 4 rings (SSSR count). The molecule has 0 amide bonds. The summed E-state index contributed by atoms with van der Waals surface area (Å²) >= 11 is 0. The van der Waals surface area contributed by atoms with Gasteiger partial charge in [0.15, 0.2) is 0 Å². The fourth-order valence-electron chi connectivity index (χ4n) is 3.98. The minimum atomic E-state index is 0.757. The summed E-state index contributed by atoms with van der Waals surface area (Å²) in [6.07, 6.45) is 7.98. The van der Waals surface area contributed by atoms with Crippen molar-refractivity contribution in [3.63, 3.8) is 0 Å². The molecule has 1 aromatic heterocycles. The molecule has 1 fully saturated rings. The highest BCUT2D eigenvalue weighted by Crippen LogP contribution is 2.27. The number of hydrogen-bond acceptors (Lipinski definition) is 4. The first-order chi connectivity index (χ1) is 15.2. The van der Waals surface area contributed by atoms with Gasteiger partial charge in [-0.05, 0) is 62.7 Å². The van der Waals surface area contributed by atoms with E-state index < -0.39 is 0 Å². The van der Waals surface area contributed by atoms with E-state index in [1.54, 1.807) is 12.3 Å². The van der Waals surface area contributed by atoms with Crippen molar-refractivity contribution in [1.29, 1.82) is 0 Å². The smallest absolute Gasteiger partial charge is 0.116 e. The molecule has 0 bridgehead atoms. The predicted octanol–water partition coefficient (Wildman–Crippen LogP) is 5.86. The summed E-state index contributed by atoms with van der Waals surface area (Å²) in [7, 11) is 0. The van der Waals surface area contributed by atoms with Gasteiger partial charge in [0.1, 0.15) is 5.69 Å². The molecular weight excluding hydrogens is 382 g/mol. The van der Waals surface area contributed by atoms with Crippen LogP contribution in [-0.4, -0.2) is 34.4 Å². The quantitative estimate of drug-likeness (QED) is 0.457. The number of benzene rings is 2. The van der Waals surface area contributed by atoms with Crippen molar-refractivity contribution < 1.29 is 0 Å². The lowest BCUT2D eigenvalue weighted by atomic mass is 10.1. The Labute approximate surface area is 183 Å². The molecule has 5 heteroatoms. The van der Waals surface area contributed by atoms with Crippen LogP contribution in [0.1, 0.15) is 36.6 Å². The first-order valence-electron chi connectivity index (χ1n) is 10.8. The molecule has 0 unspecified atom stereocenters. The van der Waals surface area contributed by atoms with Crippen molar-refractivity contribution >= 4 is 34.2 Å². The monoisotopic (exact) mass is 411 g/mol. The topological polar surface area (TPSA) is 56.3 Å². The van der Waals surface area contributed by atoms with E-state index in [2.05, 4.69) is 68.9 Å². The Morgan fingerprint density at radius 3 is 2.68 bits per heavy atom. The van der Waals surface area contributed by atoms with Crippen LogP contribution in [-0.2, 0) is 6.54 Å². The Morgan fingerprint density at radius 1 is 1.19 bits per heavy atom. The number of aliphatic imine (C=N–C) groups is 1. The Balaban J connectivity index is 1.51. The molecule has 3 aromatic rings. The largest absolute Gasteiger partial charge is 0.354 e. The highest BCUT2D eigenvalue weighted by atomic mass is 15.1. The molecule has 1 saturated heterocycles. The van der Waals surface area contributed by atoms with Crippen molar-refractivity contribution in [2.75, 3.05) is 18.4 Å². The molecule has 0 aliphatic carbocycles. The van der Waals surface area contributed by atoms with Gasteiger partial charge in [0.25, 0.3) is 0 Å². The van der Waals surface area contributed by atoms with E-state index in [1.807, 2.05) is 25.1 Å². The van der Waals surface area contributed by atoms with Crippen LogP contribution in [0, 0.1) is 0 Å². The third-order valence-corrected chi connectivity index (χ3v) is 5.59. The molecule has 0 spiro atoms. The zero-order valence-corrected chi connectivity index (χ0v) is 18.1. The standard InChI is InChI=1S/C26H29N5/c1-4-14-27-24(5-2)21-10-13-25-23(17-21)26(30-29-25)19(3)28-22-11-8-20(9-12-22)18-31-15-6-7-16-31/h4-5,8-14,17,28H,1,3,6-7,15-16,18H2,2H3,(H,29,30)/b24-5-,27-14?. The van der Waals surface area contributed by atoms with Gasteiger partial charge >= 0.3 is 0 Å². The molecular formula is C26H29N5. The Bertz CT molecular complexity index is 1130. The molecule has 5 nitrogen and oxygen atoms in total. The maximum absolute atomic E-state index is 4.50. The van der Waals surface area contributed by atoms with E-state index >= 15 is 0 Å². The number of fused-ring (bicyclic) bond motifs is 1. The number of H-pyrrole nitrogens is 1. The number of nitrogens with one attached hydrogen (secondary N) is 2. The lowest BCUT2D eigenvalue weighted by Gasteiger charge is -2.15. The summed E-state index contributed by atoms with van der Waals surface area (Å²) in [6, 6.07) is 14.7. The van der Waals surface area contributed by atoms with Crippen molar-refractivity contribution in [2.45, 2.75) is 26.3 Å². The Kier molecular flexibility index (Phi) is 6.43. The average Bonchev–Trinajstić information content (AvgIpc) is 3.45. The average molecular weight is 412 g/mol. The molecule has 1 aliphatic heterocycles. The summed E-state index contributed by atoms with van der Waals surface area (Å²) < 4.78 is 0. The van der Waals surface area contributed by atoms with Crippen molar-refractivity contribution in [1.82, 2.24) is 15.1 Å². The van der Waals surface area contributed by atoms with Gasteiger partial charge < -0.3 is 5.32 Å². The number of rotatable bonds is 8. The van der Waals surface area contributed by atoms with Crippen LogP contribution in [0.3, 0.4) is 0 Å². The van der Waals surface area contributed by atoms with Crippen molar-refractivity contribution in [2.24, 2.45) is 4.99 Å². The van der Waals surface area contributed by atoms with Crippen LogP contribution < -0.4 is 5.32 Å². The highest BCUT2D eigenvalue weighted by molar-refractivity contribution is 5.94. The van der Waals surface area contributed by atoms with Crippen LogP contribution >= 0.6 is 0 Å². The first-order valence-corrected chi connectivity index (χ1v) is 10.8. The second-order valence-electron chi connectivity index (χ2n) is 7.80. The van der Waals surface area contributed by atoms with Gasteiger partial charge in [-0.2, -0.15) is 5.10 Å². The van der Waals surface area contributed by atoms with Crippen LogP contribution in [0.15, 0.2) is 72.8 Å². The number of anilines is 1. The highest BCUT2D eigenvalue weighted by Gasteiger charge is 2.13. The maximum Gasteiger partial charge on any atom is 0.116 e. The van der Waals surface area contributed by atoms with Gasteiger partial charge in [-0.3, -0.25) is 15.0 Å². The lowest BCUT2D eigenvalue weighted by Crippen LogP contribution is -2.18. The molecule has 1 aliphatic rings. The summed E-state index contributed by atoms with van der Waals surface area (Å²) in [5.74, 6) is 0. The third-order valence-electron chi connectivity index (χ3n) is 5.59. The maximum atomic E-state index is 4.50. The van der Waals surface area contributed by atoms with Crippen LogP contribution in [0.2, 0.25) is 0 Å². The molecule has 2 N–H and O–H groups in total. The molecule has 0 atom stereocenters. The summed E-state index contributed by atoms with van der Waals surface area (Å²) in [5, 5.41) is 12.0. The van der Waals surface area contributed by atoms with E-state index in [0.717, 1.165) is 45.8 Å². The van der Waals surface area contributed by atoms with Crippen LogP contribution in [0.5, 0.6) is 0 Å². The Hall–Kier alpha value is -3.44. The number of allylic oxidation sites excluding steroid dienone is 2. The zero-order valence-electron chi connectivity index (χ0n) is 18.1. The second kappa shape index (κ2) is 9.58. The minimum Gasteiger partial charge on any atom is -0.354 e. The number of aromatic nitrogens is 2. The second-order valence-corrected chi connectivity index (χ2v) is 7.80. The van der Waals surface area contributed by atoms with E-state index in [9.17, 15) is 0 Å².